The molecular formula is C35H49IN2O3. The highest BCUT2D eigenvalue weighted by Gasteiger charge is 2.21. The first-order valence-electron chi connectivity index (χ1n) is 15.1. The van der Waals surface area contributed by atoms with Crippen molar-refractivity contribution < 1.29 is 42.8 Å². The number of unbranched alkanes of at least 4 members (excludes halogenated alkanes) is 9. The lowest BCUT2D eigenvalue weighted by Gasteiger charge is -2.24. The maximum Gasteiger partial charge on any atom is 0.258 e. The molecule has 0 unspecified atom stereocenters. The maximum atomic E-state index is 13.7. The number of methoxy groups -OCH3 is 1. The first-order valence-corrected chi connectivity index (χ1v) is 15.1. The zero-order valence-corrected chi connectivity index (χ0v) is 27.7. The SMILES string of the molecule is CCCCCCCCCCCCOc1ccc(CN(Cc2ccc[n+](C)c2)C(=O)c2ccccc2OC)c(C)c1.[I-]. The van der Waals surface area contributed by atoms with Crippen LogP contribution in [0.1, 0.15) is 98.2 Å². The number of hydrogen-bond acceptors (Lipinski definition) is 3. The van der Waals surface area contributed by atoms with Crippen LogP contribution in [0.15, 0.2) is 67.0 Å². The lowest BCUT2D eigenvalue weighted by atomic mass is 10.1. The number of pyridine rings is 1. The van der Waals surface area contributed by atoms with Gasteiger partial charge in [0.05, 0.1) is 25.8 Å². The van der Waals surface area contributed by atoms with E-state index in [2.05, 4.69) is 38.2 Å². The van der Waals surface area contributed by atoms with Gasteiger partial charge in [-0.2, -0.15) is 0 Å². The molecule has 0 saturated heterocycles. The summed E-state index contributed by atoms with van der Waals surface area (Å²) in [5.74, 6) is 1.43. The molecule has 0 atom stereocenters. The van der Waals surface area contributed by atoms with E-state index in [4.69, 9.17) is 9.47 Å². The van der Waals surface area contributed by atoms with Crippen LogP contribution in [0.2, 0.25) is 0 Å². The standard InChI is InChI=1S/C35H49N2O3.HI/c1-5-6-7-8-9-10-11-12-13-16-24-40-32-22-21-31(29(2)25-32)28-37(27-30-18-17-23-36(3)26-30)35(38)33-19-14-15-20-34(33)39-4;/h14-15,17-23,25-26H,5-13,16,24,27-28H2,1-4H3;1H/q+1;/p-1. The van der Waals surface area contributed by atoms with Crippen molar-refractivity contribution in [3.63, 3.8) is 0 Å². The van der Waals surface area contributed by atoms with Crippen molar-refractivity contribution in [2.45, 2.75) is 91.1 Å². The third kappa shape index (κ3) is 12.0. The number of ether oxygens (including phenoxy) is 2. The molecule has 1 heterocycles. The molecule has 41 heavy (non-hydrogen) atoms. The van der Waals surface area contributed by atoms with E-state index in [9.17, 15) is 4.79 Å². The van der Waals surface area contributed by atoms with E-state index in [0.717, 1.165) is 35.5 Å². The van der Waals surface area contributed by atoms with E-state index in [1.165, 1.54) is 57.8 Å². The van der Waals surface area contributed by atoms with Gasteiger partial charge in [0.15, 0.2) is 12.4 Å². The van der Waals surface area contributed by atoms with Gasteiger partial charge in [-0.3, -0.25) is 4.79 Å². The van der Waals surface area contributed by atoms with Gasteiger partial charge in [0.2, 0.25) is 0 Å². The van der Waals surface area contributed by atoms with Crippen LogP contribution in [-0.2, 0) is 20.1 Å². The summed E-state index contributed by atoms with van der Waals surface area (Å²) in [4.78, 5) is 15.6. The van der Waals surface area contributed by atoms with Gasteiger partial charge in [0.1, 0.15) is 18.5 Å². The average molecular weight is 673 g/mol. The molecular weight excluding hydrogens is 623 g/mol. The van der Waals surface area contributed by atoms with Gasteiger partial charge in [-0.25, -0.2) is 4.57 Å². The molecule has 0 bridgehead atoms. The molecule has 0 saturated carbocycles. The summed E-state index contributed by atoms with van der Waals surface area (Å²) in [6, 6.07) is 17.7. The predicted octanol–water partition coefficient (Wildman–Crippen LogP) is 4.97. The molecule has 0 N–H and O–H groups in total. The lowest BCUT2D eigenvalue weighted by Crippen LogP contribution is -3.00. The van der Waals surface area contributed by atoms with Crippen LogP contribution in [0.5, 0.6) is 11.5 Å². The number of aryl methyl sites for hydroxylation is 2. The molecule has 0 aliphatic rings. The summed E-state index contributed by atoms with van der Waals surface area (Å²) in [5, 5.41) is 0. The monoisotopic (exact) mass is 672 g/mol. The molecule has 3 aromatic rings. The molecule has 2 aromatic carbocycles. The first-order chi connectivity index (χ1) is 19.5. The number of carbonyl (C=O) groups is 1. The van der Waals surface area contributed by atoms with Gasteiger partial charge in [0.25, 0.3) is 5.91 Å². The topological polar surface area (TPSA) is 42.7 Å². The Morgan fingerprint density at radius 3 is 2.20 bits per heavy atom. The Bertz CT molecular complexity index is 1180. The molecule has 0 radical (unpaired) electrons. The van der Waals surface area contributed by atoms with Crippen LogP contribution >= 0.6 is 0 Å². The molecule has 6 heteroatoms. The quantitative estimate of drug-likeness (QED) is 0.109. The highest BCUT2D eigenvalue weighted by molar-refractivity contribution is 5.96. The van der Waals surface area contributed by atoms with E-state index >= 15 is 0 Å². The van der Waals surface area contributed by atoms with Gasteiger partial charge < -0.3 is 38.4 Å². The minimum absolute atomic E-state index is 0. The van der Waals surface area contributed by atoms with E-state index in [1.807, 2.05) is 59.1 Å². The summed E-state index contributed by atoms with van der Waals surface area (Å²) in [6.45, 7) is 6.11. The second-order valence-electron chi connectivity index (χ2n) is 10.9. The highest BCUT2D eigenvalue weighted by Crippen LogP contribution is 2.24. The van der Waals surface area contributed by atoms with E-state index in [1.54, 1.807) is 7.11 Å². The van der Waals surface area contributed by atoms with Crippen LogP contribution in [0, 0.1) is 6.92 Å². The van der Waals surface area contributed by atoms with Gasteiger partial charge in [-0.15, -0.1) is 0 Å². The molecule has 3 rings (SSSR count). The number of halogens is 1. The van der Waals surface area contributed by atoms with E-state index in [-0.39, 0.29) is 29.9 Å². The minimum atomic E-state index is -0.0513. The largest absolute Gasteiger partial charge is 1.00 e. The molecule has 5 nitrogen and oxygen atoms in total. The van der Waals surface area contributed by atoms with Crippen LogP contribution in [0.25, 0.3) is 0 Å². The number of rotatable bonds is 18. The molecule has 1 aromatic heterocycles. The van der Waals surface area contributed by atoms with Gasteiger partial charge in [0, 0.05) is 18.2 Å². The summed E-state index contributed by atoms with van der Waals surface area (Å²) in [7, 11) is 3.60. The normalized spacial score (nSPS) is 10.6. The fourth-order valence-electron chi connectivity index (χ4n) is 5.08. The molecule has 0 aliphatic heterocycles. The third-order valence-electron chi connectivity index (χ3n) is 7.44. The van der Waals surface area contributed by atoms with E-state index in [0.29, 0.717) is 24.4 Å². The Balaban J connectivity index is 0.00000588. The Hall–Kier alpha value is -2.61. The first kappa shape index (κ1) is 34.6. The fraction of sp³-hybridized carbons (Fsp3) is 0.486. The van der Waals surface area contributed by atoms with Crippen LogP contribution in [-0.4, -0.2) is 24.5 Å². The number of aromatic nitrogens is 1. The molecule has 1 amide bonds. The van der Waals surface area contributed by atoms with Crippen molar-refractivity contribution in [1.82, 2.24) is 4.90 Å². The fourth-order valence-corrected chi connectivity index (χ4v) is 5.08. The Labute approximate surface area is 265 Å². The highest BCUT2D eigenvalue weighted by atomic mass is 127. The third-order valence-corrected chi connectivity index (χ3v) is 7.44. The molecule has 224 valence electrons. The number of para-hydroxylation sites is 1. The zero-order valence-electron chi connectivity index (χ0n) is 25.5. The van der Waals surface area contributed by atoms with Crippen molar-refractivity contribution in [1.29, 1.82) is 0 Å². The summed E-state index contributed by atoms with van der Waals surface area (Å²) >= 11 is 0. The molecule has 0 aliphatic carbocycles. The van der Waals surface area contributed by atoms with E-state index < -0.39 is 0 Å². The van der Waals surface area contributed by atoms with Gasteiger partial charge in [-0.1, -0.05) is 82.9 Å². The summed E-state index contributed by atoms with van der Waals surface area (Å²) in [6.07, 6.45) is 17.2. The van der Waals surface area contributed by atoms with Crippen molar-refractivity contribution >= 4 is 5.91 Å². The van der Waals surface area contributed by atoms with Crippen molar-refractivity contribution in [3.8, 4) is 11.5 Å². The number of nitrogens with zero attached hydrogens (tertiary/aromatic N) is 2. The van der Waals surface area contributed by atoms with Crippen molar-refractivity contribution in [2.24, 2.45) is 7.05 Å². The smallest absolute Gasteiger partial charge is 0.258 e. The second-order valence-corrected chi connectivity index (χ2v) is 10.9. The van der Waals surface area contributed by atoms with Gasteiger partial charge >= 0.3 is 0 Å². The lowest BCUT2D eigenvalue weighted by molar-refractivity contribution is -0.672. The molecule has 0 spiro atoms. The van der Waals surface area contributed by atoms with Crippen molar-refractivity contribution in [3.05, 3.63) is 89.2 Å². The van der Waals surface area contributed by atoms with Crippen molar-refractivity contribution in [2.75, 3.05) is 13.7 Å². The number of amides is 1. The summed E-state index contributed by atoms with van der Waals surface area (Å²) in [5.41, 5.74) is 3.87. The number of benzene rings is 2. The molecule has 0 fully saturated rings. The average Bonchev–Trinajstić information content (AvgIpc) is 2.96. The Morgan fingerprint density at radius 1 is 0.854 bits per heavy atom. The minimum Gasteiger partial charge on any atom is -1.00 e. The van der Waals surface area contributed by atoms with Crippen LogP contribution in [0.3, 0.4) is 0 Å². The Kier molecular flexibility index (Phi) is 16.5. The maximum absolute atomic E-state index is 13.7. The summed E-state index contributed by atoms with van der Waals surface area (Å²) < 4.78 is 13.6. The second kappa shape index (κ2) is 19.5. The number of carbonyl (C=O) groups excluding carboxylic acids is 1. The van der Waals surface area contributed by atoms with Crippen LogP contribution in [0.4, 0.5) is 0 Å². The van der Waals surface area contributed by atoms with Gasteiger partial charge in [-0.05, 0) is 54.8 Å². The number of hydrogen-bond donors (Lipinski definition) is 0. The Morgan fingerprint density at radius 2 is 1.54 bits per heavy atom. The zero-order chi connectivity index (χ0) is 28.6. The van der Waals surface area contributed by atoms with Crippen LogP contribution < -0.4 is 38.0 Å². The predicted molar refractivity (Wildman–Crippen MR) is 163 cm³/mol.